The number of carbonyl (C=O) groups is 1. The number of anilines is 2. The molecular weight excluding hydrogens is 446 g/mol. The fraction of sp³-hybridized carbons (Fsp3) is 0.360. The highest BCUT2D eigenvalue weighted by Crippen LogP contribution is 2.32. The average molecular weight is 476 g/mol. The molecule has 4 aromatic rings. The number of nitrogens with zero attached hydrogens (tertiary/aromatic N) is 5. The average Bonchev–Trinajstić information content (AvgIpc) is 3.21. The van der Waals surface area contributed by atoms with Gasteiger partial charge in [0.2, 0.25) is 11.8 Å². The van der Waals surface area contributed by atoms with E-state index >= 15 is 0 Å². The smallest absolute Gasteiger partial charge is 0.259 e. The lowest BCUT2D eigenvalue weighted by Gasteiger charge is -2.38. The predicted molar refractivity (Wildman–Crippen MR) is 136 cm³/mol. The molecule has 1 fully saturated rings. The second-order valence-corrected chi connectivity index (χ2v) is 8.97. The maximum Gasteiger partial charge on any atom is 0.259 e. The minimum absolute atomic E-state index is 0.317. The quantitative estimate of drug-likeness (QED) is 0.454. The number of fused-ring (bicyclic) bond motifs is 2. The number of piperazine rings is 1. The van der Waals surface area contributed by atoms with Crippen LogP contribution in [0.5, 0.6) is 11.8 Å². The summed E-state index contributed by atoms with van der Waals surface area (Å²) in [4.78, 5) is 24.9. The van der Waals surface area contributed by atoms with Crippen LogP contribution >= 0.6 is 0 Å². The zero-order valence-electron chi connectivity index (χ0n) is 20.5. The van der Waals surface area contributed by atoms with Gasteiger partial charge in [-0.05, 0) is 38.1 Å². The Morgan fingerprint density at radius 1 is 1.06 bits per heavy atom. The molecule has 5 rings (SSSR count). The highest BCUT2D eigenvalue weighted by molar-refractivity contribution is 6.14. The number of hydrogen-bond donors (Lipinski definition) is 2. The first-order valence-electron chi connectivity index (χ1n) is 11.5. The SMILES string of the molecule is COc1ccc2c(N3C[C@@H](C)N[C@H](C)C3)ccc(C(=O)Nc3cc4cn(C)nc4c(OC)n3)c2n1. The minimum Gasteiger partial charge on any atom is -0.481 e. The molecule has 182 valence electrons. The third-order valence-corrected chi connectivity index (χ3v) is 6.17. The molecule has 0 aliphatic carbocycles. The molecule has 2 N–H and O–H groups in total. The zero-order valence-corrected chi connectivity index (χ0v) is 20.5. The first-order chi connectivity index (χ1) is 16.9. The number of hydrogen-bond acceptors (Lipinski definition) is 8. The number of rotatable bonds is 5. The molecule has 35 heavy (non-hydrogen) atoms. The number of nitrogens with one attached hydrogen (secondary N) is 2. The van der Waals surface area contributed by atoms with Gasteiger partial charge >= 0.3 is 0 Å². The van der Waals surface area contributed by atoms with Crippen molar-refractivity contribution in [2.45, 2.75) is 25.9 Å². The summed E-state index contributed by atoms with van der Waals surface area (Å²) in [6.45, 7) is 6.08. The molecule has 2 atom stereocenters. The van der Waals surface area contributed by atoms with Gasteiger partial charge in [0.25, 0.3) is 5.91 Å². The largest absolute Gasteiger partial charge is 0.481 e. The molecule has 4 heterocycles. The van der Waals surface area contributed by atoms with Gasteiger partial charge in [0.05, 0.1) is 25.3 Å². The summed E-state index contributed by atoms with van der Waals surface area (Å²) in [6, 6.07) is 10.1. The maximum absolute atomic E-state index is 13.4. The van der Waals surface area contributed by atoms with Crippen molar-refractivity contribution in [2.75, 3.05) is 37.5 Å². The van der Waals surface area contributed by atoms with Crippen LogP contribution in [0, 0.1) is 0 Å². The number of pyridine rings is 2. The fourth-order valence-corrected chi connectivity index (χ4v) is 4.79. The highest BCUT2D eigenvalue weighted by atomic mass is 16.5. The maximum atomic E-state index is 13.4. The molecule has 1 saturated heterocycles. The van der Waals surface area contributed by atoms with Crippen molar-refractivity contribution in [3.8, 4) is 11.8 Å². The molecule has 10 nitrogen and oxygen atoms in total. The van der Waals surface area contributed by atoms with Gasteiger partial charge in [0, 0.05) is 60.9 Å². The van der Waals surface area contributed by atoms with E-state index in [1.54, 1.807) is 17.9 Å². The van der Waals surface area contributed by atoms with Crippen LogP contribution in [0.15, 0.2) is 36.5 Å². The first-order valence-corrected chi connectivity index (χ1v) is 11.5. The minimum atomic E-state index is -0.317. The van der Waals surface area contributed by atoms with Gasteiger partial charge in [-0.2, -0.15) is 10.1 Å². The lowest BCUT2D eigenvalue weighted by Crippen LogP contribution is -2.54. The zero-order chi connectivity index (χ0) is 24.7. The number of ether oxygens (including phenoxy) is 2. The van der Waals surface area contributed by atoms with Gasteiger partial charge in [-0.25, -0.2) is 4.98 Å². The summed E-state index contributed by atoms with van der Waals surface area (Å²) >= 11 is 0. The molecule has 1 amide bonds. The van der Waals surface area contributed by atoms with E-state index in [2.05, 4.69) is 44.4 Å². The Balaban J connectivity index is 1.55. The van der Waals surface area contributed by atoms with Crippen molar-refractivity contribution in [3.05, 3.63) is 42.1 Å². The Bertz CT molecular complexity index is 1410. The van der Waals surface area contributed by atoms with Crippen molar-refractivity contribution in [3.63, 3.8) is 0 Å². The Kier molecular flexibility index (Phi) is 5.89. The van der Waals surface area contributed by atoms with E-state index in [9.17, 15) is 4.79 Å². The summed E-state index contributed by atoms with van der Waals surface area (Å²) in [5.41, 5.74) is 2.69. The molecule has 1 aromatic carbocycles. The molecule has 0 radical (unpaired) electrons. The summed E-state index contributed by atoms with van der Waals surface area (Å²) in [5, 5.41) is 12.5. The van der Waals surface area contributed by atoms with Crippen molar-refractivity contribution in [1.29, 1.82) is 0 Å². The van der Waals surface area contributed by atoms with Gasteiger partial charge < -0.3 is 25.0 Å². The monoisotopic (exact) mass is 475 g/mol. The van der Waals surface area contributed by atoms with E-state index in [-0.39, 0.29) is 5.91 Å². The number of methoxy groups -OCH3 is 2. The van der Waals surface area contributed by atoms with Crippen molar-refractivity contribution in [2.24, 2.45) is 7.05 Å². The second kappa shape index (κ2) is 9.03. The van der Waals surface area contributed by atoms with Gasteiger partial charge in [-0.15, -0.1) is 0 Å². The summed E-state index contributed by atoms with van der Waals surface area (Å²) in [6.07, 6.45) is 1.85. The summed E-state index contributed by atoms with van der Waals surface area (Å²) in [5.74, 6) is 0.849. The lowest BCUT2D eigenvalue weighted by atomic mass is 10.0. The van der Waals surface area contributed by atoms with Crippen LogP contribution in [0.1, 0.15) is 24.2 Å². The van der Waals surface area contributed by atoms with Crippen LogP contribution in [0.4, 0.5) is 11.5 Å². The van der Waals surface area contributed by atoms with Gasteiger partial charge in [0.1, 0.15) is 5.82 Å². The lowest BCUT2D eigenvalue weighted by molar-refractivity contribution is 0.102. The van der Waals surface area contributed by atoms with Crippen molar-refractivity contribution < 1.29 is 14.3 Å². The van der Waals surface area contributed by atoms with E-state index in [0.717, 1.165) is 29.5 Å². The van der Waals surface area contributed by atoms with Crippen molar-refractivity contribution in [1.82, 2.24) is 25.1 Å². The van der Waals surface area contributed by atoms with Crippen LogP contribution in [0.25, 0.3) is 21.8 Å². The number of carbonyl (C=O) groups excluding carboxylic acids is 1. The molecule has 0 bridgehead atoms. The molecule has 1 aliphatic heterocycles. The molecule has 0 unspecified atom stereocenters. The molecule has 0 spiro atoms. The predicted octanol–water partition coefficient (Wildman–Crippen LogP) is 2.97. The van der Waals surface area contributed by atoms with Crippen LogP contribution in [-0.4, -0.2) is 65.0 Å². The molecule has 3 aromatic heterocycles. The third kappa shape index (κ3) is 4.32. The van der Waals surface area contributed by atoms with E-state index in [0.29, 0.717) is 46.3 Å². The standard InChI is InChI=1S/C25H29N7O3/c1-14-11-32(12-15(2)26-14)19-8-6-18(23-17(19)7-9-21(29-23)34-4)24(33)27-20-10-16-13-31(3)30-22(16)25(28-20)35-5/h6-10,13-15,26H,11-12H2,1-5H3,(H,27,33)/t14-,15-/m1/s1. The normalized spacial score (nSPS) is 18.1. The number of aryl methyl sites for hydroxylation is 1. The van der Waals surface area contributed by atoms with E-state index in [1.165, 1.54) is 7.11 Å². The number of aromatic nitrogens is 4. The third-order valence-electron chi connectivity index (χ3n) is 6.17. The van der Waals surface area contributed by atoms with E-state index < -0.39 is 0 Å². The van der Waals surface area contributed by atoms with Crippen LogP contribution in [0.2, 0.25) is 0 Å². The van der Waals surface area contributed by atoms with Crippen molar-refractivity contribution >= 4 is 39.2 Å². The Morgan fingerprint density at radius 2 is 1.83 bits per heavy atom. The van der Waals surface area contributed by atoms with E-state index in [1.807, 2.05) is 37.5 Å². The van der Waals surface area contributed by atoms with Crippen LogP contribution in [-0.2, 0) is 7.05 Å². The highest BCUT2D eigenvalue weighted by Gasteiger charge is 2.24. The van der Waals surface area contributed by atoms with E-state index in [4.69, 9.17) is 9.47 Å². The van der Waals surface area contributed by atoms with Crippen LogP contribution in [0.3, 0.4) is 0 Å². The Morgan fingerprint density at radius 3 is 2.54 bits per heavy atom. The Labute approximate surface area is 203 Å². The number of amides is 1. The fourth-order valence-electron chi connectivity index (χ4n) is 4.79. The van der Waals surface area contributed by atoms with Gasteiger partial charge in [-0.3, -0.25) is 9.48 Å². The Hall–Kier alpha value is -3.92. The second-order valence-electron chi connectivity index (χ2n) is 8.97. The molecule has 10 heteroatoms. The summed E-state index contributed by atoms with van der Waals surface area (Å²) in [7, 11) is 4.92. The first kappa shape index (κ1) is 22.9. The van der Waals surface area contributed by atoms with Gasteiger partial charge in [-0.1, -0.05) is 0 Å². The molecule has 0 saturated carbocycles. The van der Waals surface area contributed by atoms with Gasteiger partial charge in [0.15, 0.2) is 5.52 Å². The molecular formula is C25H29N7O3. The topological polar surface area (TPSA) is 106 Å². The summed E-state index contributed by atoms with van der Waals surface area (Å²) < 4.78 is 12.4. The number of benzene rings is 1. The van der Waals surface area contributed by atoms with Crippen LogP contribution < -0.4 is 25.0 Å². The molecule has 1 aliphatic rings.